The maximum Gasteiger partial charge on any atom is 0.148 e. The molecule has 0 aliphatic rings. The Bertz CT molecular complexity index is 366. The van der Waals surface area contributed by atoms with Crippen molar-refractivity contribution in [2.24, 2.45) is 0 Å². The van der Waals surface area contributed by atoms with Gasteiger partial charge in [0.25, 0.3) is 0 Å². The van der Waals surface area contributed by atoms with Gasteiger partial charge < -0.3 is 0 Å². The van der Waals surface area contributed by atoms with Crippen molar-refractivity contribution in [3.63, 3.8) is 0 Å². The van der Waals surface area contributed by atoms with Gasteiger partial charge in [-0.1, -0.05) is 35.4 Å². The van der Waals surface area contributed by atoms with Crippen LogP contribution < -0.4 is 0 Å². The topological polar surface area (TPSA) is 36.7 Å². The fourth-order valence-electron chi connectivity index (χ4n) is 0.799. The van der Waals surface area contributed by atoms with Crippen molar-refractivity contribution in [2.75, 3.05) is 0 Å². The molecule has 0 aromatic carbocycles. The molecule has 13 heavy (non-hydrogen) atoms. The molecule has 2 nitrogen and oxygen atoms in total. The third-order valence-corrected chi connectivity index (χ3v) is 2.16. The lowest BCUT2D eigenvalue weighted by Gasteiger charge is -1.97. The van der Waals surface area contributed by atoms with Gasteiger partial charge in [0.05, 0.1) is 17.5 Å². The van der Waals surface area contributed by atoms with Crippen molar-refractivity contribution in [3.8, 4) is 6.07 Å². The fourth-order valence-corrected chi connectivity index (χ4v) is 1.14. The Hall–Kier alpha value is -1.04. The second-order valence-electron chi connectivity index (χ2n) is 2.27. The van der Waals surface area contributed by atoms with E-state index in [2.05, 4.69) is 4.98 Å². The van der Waals surface area contributed by atoms with Gasteiger partial charge in [-0.05, 0) is 11.6 Å². The minimum atomic E-state index is 0.278. The summed E-state index contributed by atoms with van der Waals surface area (Å²) >= 11 is 11.5. The molecular formula is C9H6Cl2N2. The number of halogens is 2. The molecule has 0 unspecified atom stereocenters. The van der Waals surface area contributed by atoms with Gasteiger partial charge in [-0.2, -0.15) is 5.26 Å². The summed E-state index contributed by atoms with van der Waals surface area (Å²) in [7, 11) is 0. The number of aromatic nitrogens is 1. The highest BCUT2D eigenvalue weighted by atomic mass is 35.5. The van der Waals surface area contributed by atoms with Crippen molar-refractivity contribution in [1.29, 1.82) is 5.26 Å². The highest BCUT2D eigenvalue weighted by Crippen LogP contribution is 2.24. The molecule has 0 spiro atoms. The lowest BCUT2D eigenvalue weighted by Crippen LogP contribution is -1.80. The van der Waals surface area contributed by atoms with E-state index >= 15 is 0 Å². The van der Waals surface area contributed by atoms with Crippen molar-refractivity contribution in [2.45, 2.75) is 6.42 Å². The molecule has 0 fully saturated rings. The lowest BCUT2D eigenvalue weighted by atomic mass is 10.2. The minimum absolute atomic E-state index is 0.278. The van der Waals surface area contributed by atoms with Crippen LogP contribution in [0.15, 0.2) is 18.3 Å². The predicted molar refractivity (Wildman–Crippen MR) is 53.5 cm³/mol. The van der Waals surface area contributed by atoms with Crippen LogP contribution in [0.3, 0.4) is 0 Å². The maximum atomic E-state index is 8.30. The summed E-state index contributed by atoms with van der Waals surface area (Å²) < 4.78 is 0. The van der Waals surface area contributed by atoms with Gasteiger partial charge in [0.1, 0.15) is 5.15 Å². The highest BCUT2D eigenvalue weighted by molar-refractivity contribution is 6.42. The Labute approximate surface area is 86.4 Å². The predicted octanol–water partition coefficient (Wildman–Crippen LogP) is 3.32. The van der Waals surface area contributed by atoms with Gasteiger partial charge in [0.15, 0.2) is 0 Å². The molecule has 1 rings (SSSR count). The first-order valence-corrected chi connectivity index (χ1v) is 4.35. The highest BCUT2D eigenvalue weighted by Gasteiger charge is 2.01. The van der Waals surface area contributed by atoms with Gasteiger partial charge in [-0.25, -0.2) is 4.98 Å². The zero-order valence-electron chi connectivity index (χ0n) is 6.67. The summed E-state index contributed by atoms with van der Waals surface area (Å²) in [4.78, 5) is 3.80. The van der Waals surface area contributed by atoms with E-state index in [0.717, 1.165) is 5.56 Å². The summed E-state index contributed by atoms with van der Waals surface area (Å²) in [6, 6.07) is 3.73. The second kappa shape index (κ2) is 4.86. The number of nitriles is 1. The summed E-state index contributed by atoms with van der Waals surface area (Å²) in [6.45, 7) is 0. The number of allylic oxidation sites excluding steroid dienone is 1. The van der Waals surface area contributed by atoms with E-state index in [-0.39, 0.29) is 5.15 Å². The van der Waals surface area contributed by atoms with Gasteiger partial charge in [-0.15, -0.1) is 0 Å². The van der Waals surface area contributed by atoms with Crippen LogP contribution in [0, 0.1) is 11.3 Å². The first-order valence-electron chi connectivity index (χ1n) is 3.59. The van der Waals surface area contributed by atoms with E-state index in [1.807, 2.05) is 6.07 Å². The van der Waals surface area contributed by atoms with Crippen LogP contribution in [0.5, 0.6) is 0 Å². The molecule has 1 aromatic rings. The van der Waals surface area contributed by atoms with Crippen LogP contribution in [0.2, 0.25) is 10.2 Å². The SMILES string of the molecule is N#CCC=Cc1ccnc(Cl)c1Cl. The van der Waals surface area contributed by atoms with Crippen LogP contribution in [0.1, 0.15) is 12.0 Å². The largest absolute Gasteiger partial charge is 0.243 e. The van der Waals surface area contributed by atoms with Crippen LogP contribution in [-0.2, 0) is 0 Å². The standard InChI is InChI=1S/C9H6Cl2N2/c10-8-7(3-1-2-5-12)4-6-13-9(8)11/h1,3-4,6H,2H2. The molecule has 0 aliphatic heterocycles. The third-order valence-electron chi connectivity index (χ3n) is 1.38. The molecule has 1 heterocycles. The van der Waals surface area contributed by atoms with E-state index in [0.29, 0.717) is 11.4 Å². The van der Waals surface area contributed by atoms with Gasteiger partial charge in [0.2, 0.25) is 0 Å². The summed E-state index contributed by atoms with van der Waals surface area (Å²) in [5.41, 5.74) is 0.775. The minimum Gasteiger partial charge on any atom is -0.243 e. The molecule has 66 valence electrons. The van der Waals surface area contributed by atoms with Crippen LogP contribution in [0.25, 0.3) is 6.08 Å². The quantitative estimate of drug-likeness (QED) is 0.706. The smallest absolute Gasteiger partial charge is 0.148 e. The van der Waals surface area contributed by atoms with E-state index < -0.39 is 0 Å². The van der Waals surface area contributed by atoms with Crippen molar-refractivity contribution in [1.82, 2.24) is 4.98 Å². The van der Waals surface area contributed by atoms with Crippen molar-refractivity contribution >= 4 is 29.3 Å². The Morgan fingerprint density at radius 2 is 2.31 bits per heavy atom. The van der Waals surface area contributed by atoms with E-state index in [1.54, 1.807) is 24.4 Å². The number of hydrogen-bond donors (Lipinski definition) is 0. The molecule has 0 amide bonds. The van der Waals surface area contributed by atoms with Crippen molar-refractivity contribution < 1.29 is 0 Å². The molecule has 0 radical (unpaired) electrons. The Balaban J connectivity index is 2.90. The molecule has 0 bridgehead atoms. The van der Waals surface area contributed by atoms with E-state index in [1.165, 1.54) is 0 Å². The summed E-state index contributed by atoms with van der Waals surface area (Å²) in [5, 5.41) is 8.99. The van der Waals surface area contributed by atoms with Gasteiger partial charge >= 0.3 is 0 Å². The lowest BCUT2D eigenvalue weighted by molar-refractivity contribution is 1.32. The van der Waals surface area contributed by atoms with E-state index in [9.17, 15) is 0 Å². The fraction of sp³-hybridized carbons (Fsp3) is 0.111. The zero-order valence-corrected chi connectivity index (χ0v) is 8.18. The van der Waals surface area contributed by atoms with Crippen molar-refractivity contribution in [3.05, 3.63) is 34.1 Å². The first kappa shape index (κ1) is 10.0. The second-order valence-corrected chi connectivity index (χ2v) is 3.01. The zero-order chi connectivity index (χ0) is 9.68. The number of nitrogens with zero attached hydrogens (tertiary/aromatic N) is 2. The van der Waals surface area contributed by atoms with Gasteiger partial charge in [-0.3, -0.25) is 0 Å². The number of rotatable bonds is 2. The Kier molecular flexibility index (Phi) is 3.75. The maximum absolute atomic E-state index is 8.30. The molecule has 0 saturated heterocycles. The molecule has 0 aliphatic carbocycles. The molecule has 0 atom stereocenters. The van der Waals surface area contributed by atoms with Gasteiger partial charge in [0, 0.05) is 6.20 Å². The molecule has 4 heteroatoms. The average Bonchev–Trinajstić information content (AvgIpc) is 2.13. The Morgan fingerprint density at radius 1 is 1.54 bits per heavy atom. The van der Waals surface area contributed by atoms with Crippen LogP contribution in [0.4, 0.5) is 0 Å². The van der Waals surface area contributed by atoms with Crippen LogP contribution in [-0.4, -0.2) is 4.98 Å². The number of pyridine rings is 1. The molecule has 0 N–H and O–H groups in total. The first-order chi connectivity index (χ1) is 6.25. The molecule has 1 aromatic heterocycles. The number of hydrogen-bond acceptors (Lipinski definition) is 2. The molecule has 0 saturated carbocycles. The summed E-state index contributed by atoms with van der Waals surface area (Å²) in [6.07, 6.45) is 5.40. The average molecular weight is 213 g/mol. The third kappa shape index (κ3) is 2.73. The normalized spacial score (nSPS) is 10.2. The van der Waals surface area contributed by atoms with E-state index in [4.69, 9.17) is 28.5 Å². The summed E-state index contributed by atoms with van der Waals surface area (Å²) in [5.74, 6) is 0. The molecular weight excluding hydrogens is 207 g/mol. The van der Waals surface area contributed by atoms with Crippen LogP contribution >= 0.6 is 23.2 Å². The monoisotopic (exact) mass is 212 g/mol. The Morgan fingerprint density at radius 3 is 3.00 bits per heavy atom.